The number of methoxy groups -OCH3 is 2. The van der Waals surface area contributed by atoms with E-state index < -0.39 is 5.60 Å². The van der Waals surface area contributed by atoms with Crippen LogP contribution in [0.2, 0.25) is 0 Å². The Hall–Kier alpha value is -1.50. The molecule has 0 aliphatic carbocycles. The second-order valence-corrected chi connectivity index (χ2v) is 7.11. The summed E-state index contributed by atoms with van der Waals surface area (Å²) in [6, 6.07) is 5.67. The molecule has 0 aromatic heterocycles. The molecule has 1 aliphatic rings. The molecule has 28 heavy (non-hydrogen) atoms. The molecule has 0 radical (unpaired) electrons. The highest BCUT2D eigenvalue weighted by Gasteiger charge is 2.40. The molecule has 2 N–H and O–H groups in total. The van der Waals surface area contributed by atoms with Crippen molar-refractivity contribution in [3.8, 4) is 11.5 Å². The maximum atomic E-state index is 12.8. The van der Waals surface area contributed by atoms with Crippen LogP contribution in [0.4, 0.5) is 0 Å². The third-order valence-corrected chi connectivity index (χ3v) is 5.26. The molecule has 1 heterocycles. The van der Waals surface area contributed by atoms with Crippen LogP contribution in [-0.2, 0) is 9.53 Å². The van der Waals surface area contributed by atoms with Crippen LogP contribution in [0.15, 0.2) is 18.2 Å². The highest BCUT2D eigenvalue weighted by Crippen LogP contribution is 2.31. The largest absolute Gasteiger partial charge is 0.493 e. The van der Waals surface area contributed by atoms with Gasteiger partial charge in [0.15, 0.2) is 11.5 Å². The molecule has 1 aromatic carbocycles. The zero-order valence-electron chi connectivity index (χ0n) is 17.5. The topological polar surface area (TPSA) is 68.8 Å². The lowest BCUT2D eigenvalue weighted by Gasteiger charge is -2.35. The van der Waals surface area contributed by atoms with Crippen molar-refractivity contribution in [2.75, 3.05) is 33.9 Å². The molecule has 0 spiro atoms. The summed E-state index contributed by atoms with van der Waals surface area (Å²) in [5, 5.41) is 6.37. The van der Waals surface area contributed by atoms with Gasteiger partial charge in [-0.1, -0.05) is 25.8 Å². The van der Waals surface area contributed by atoms with Crippen molar-refractivity contribution in [1.29, 1.82) is 0 Å². The lowest BCUT2D eigenvalue weighted by Crippen LogP contribution is -2.54. The minimum absolute atomic E-state index is 0. The number of rotatable bonds is 10. The number of nitrogens with one attached hydrogen (secondary N) is 2. The van der Waals surface area contributed by atoms with Crippen LogP contribution in [0.25, 0.3) is 0 Å². The van der Waals surface area contributed by atoms with E-state index in [-0.39, 0.29) is 24.4 Å². The lowest BCUT2D eigenvalue weighted by atomic mass is 9.90. The summed E-state index contributed by atoms with van der Waals surface area (Å²) in [4.78, 5) is 12.8. The minimum atomic E-state index is -0.744. The van der Waals surface area contributed by atoms with Gasteiger partial charge in [-0.15, -0.1) is 12.4 Å². The molecular weight excluding hydrogens is 380 g/mol. The smallest absolute Gasteiger partial charge is 0.252 e. The number of unbranched alkanes of at least 4 members (excludes halogenated alkanes) is 2. The first kappa shape index (κ1) is 24.5. The van der Waals surface area contributed by atoms with Gasteiger partial charge in [0.05, 0.1) is 19.8 Å². The zero-order valence-corrected chi connectivity index (χ0v) is 18.3. The summed E-state index contributed by atoms with van der Waals surface area (Å²) < 4.78 is 16.9. The van der Waals surface area contributed by atoms with E-state index in [0.29, 0.717) is 25.2 Å². The fraction of sp³-hybridized carbons (Fsp3) is 0.667. The average Bonchev–Trinajstić information content (AvgIpc) is 2.71. The molecule has 1 fully saturated rings. The fourth-order valence-corrected chi connectivity index (χ4v) is 3.37. The van der Waals surface area contributed by atoms with Gasteiger partial charge in [0.1, 0.15) is 5.60 Å². The Bertz CT molecular complexity index is 606. The Labute approximate surface area is 175 Å². The summed E-state index contributed by atoms with van der Waals surface area (Å²) in [5.41, 5.74) is 0.229. The number of ether oxygens (including phenoxy) is 3. The van der Waals surface area contributed by atoms with Crippen LogP contribution < -0.4 is 20.1 Å². The van der Waals surface area contributed by atoms with Gasteiger partial charge in [0.25, 0.3) is 5.91 Å². The molecule has 0 saturated carbocycles. The number of hydrogen-bond acceptors (Lipinski definition) is 5. The van der Waals surface area contributed by atoms with Crippen molar-refractivity contribution in [3.63, 3.8) is 0 Å². The number of amides is 1. The Morgan fingerprint density at radius 3 is 2.54 bits per heavy atom. The number of carbonyl (C=O) groups is 1. The Kier molecular flexibility index (Phi) is 10.6. The molecule has 2 rings (SSSR count). The van der Waals surface area contributed by atoms with E-state index in [1.54, 1.807) is 14.2 Å². The summed E-state index contributed by atoms with van der Waals surface area (Å²) in [6.07, 6.45) is 4.70. The highest BCUT2D eigenvalue weighted by molar-refractivity contribution is 5.86. The number of piperidine rings is 1. The summed E-state index contributed by atoms with van der Waals surface area (Å²) in [5.74, 6) is 1.37. The van der Waals surface area contributed by atoms with Gasteiger partial charge in [-0.2, -0.15) is 0 Å². The van der Waals surface area contributed by atoms with Crippen LogP contribution in [-0.4, -0.2) is 45.4 Å². The second-order valence-electron chi connectivity index (χ2n) is 7.11. The van der Waals surface area contributed by atoms with Crippen LogP contribution in [0, 0.1) is 0 Å². The van der Waals surface area contributed by atoms with Gasteiger partial charge >= 0.3 is 0 Å². The Morgan fingerprint density at radius 2 is 1.93 bits per heavy atom. The van der Waals surface area contributed by atoms with Crippen LogP contribution in [0.3, 0.4) is 0 Å². The second kappa shape index (κ2) is 12.1. The van der Waals surface area contributed by atoms with E-state index in [2.05, 4.69) is 17.6 Å². The van der Waals surface area contributed by atoms with Gasteiger partial charge in [-0.05, 0) is 57.0 Å². The predicted molar refractivity (Wildman–Crippen MR) is 114 cm³/mol. The fourth-order valence-electron chi connectivity index (χ4n) is 3.37. The van der Waals surface area contributed by atoms with Crippen molar-refractivity contribution < 1.29 is 19.0 Å². The molecule has 7 heteroatoms. The Balaban J connectivity index is 0.00000392. The predicted octanol–water partition coefficient (Wildman–Crippen LogP) is 3.63. The first-order valence-corrected chi connectivity index (χ1v) is 9.94. The van der Waals surface area contributed by atoms with E-state index in [0.717, 1.165) is 43.7 Å². The third kappa shape index (κ3) is 6.26. The minimum Gasteiger partial charge on any atom is -0.493 e. The highest BCUT2D eigenvalue weighted by atomic mass is 35.5. The van der Waals surface area contributed by atoms with Crippen molar-refractivity contribution >= 4 is 18.3 Å². The van der Waals surface area contributed by atoms with E-state index in [1.165, 1.54) is 0 Å². The quantitative estimate of drug-likeness (QED) is 0.572. The SMILES string of the molecule is CCCCCOc1ccc(C(C)NC(=O)C2(OC)CCNCC2)cc1OC.Cl. The molecule has 1 atom stereocenters. The molecular formula is C21H35ClN2O4. The van der Waals surface area contributed by atoms with Gasteiger partial charge in [-0.3, -0.25) is 4.79 Å². The van der Waals surface area contributed by atoms with Crippen LogP contribution in [0.5, 0.6) is 11.5 Å². The molecule has 1 unspecified atom stereocenters. The van der Waals surface area contributed by atoms with E-state index in [4.69, 9.17) is 14.2 Å². The molecule has 0 bridgehead atoms. The molecule has 6 nitrogen and oxygen atoms in total. The van der Waals surface area contributed by atoms with E-state index in [9.17, 15) is 4.79 Å². The normalized spacial score (nSPS) is 16.6. The van der Waals surface area contributed by atoms with E-state index in [1.807, 2.05) is 25.1 Å². The lowest BCUT2D eigenvalue weighted by molar-refractivity contribution is -0.147. The Morgan fingerprint density at radius 1 is 1.21 bits per heavy atom. The standard InChI is InChI=1S/C21H34N2O4.ClH/c1-5-6-7-14-27-18-9-8-17(15-19(18)25-3)16(2)23-20(24)21(26-4)10-12-22-13-11-21;/h8-9,15-16,22H,5-7,10-14H2,1-4H3,(H,23,24);1H. The molecule has 160 valence electrons. The van der Waals surface area contributed by atoms with Gasteiger partial charge in [0.2, 0.25) is 0 Å². The number of hydrogen-bond donors (Lipinski definition) is 2. The maximum absolute atomic E-state index is 12.8. The van der Waals surface area contributed by atoms with Crippen molar-refractivity contribution in [2.24, 2.45) is 0 Å². The van der Waals surface area contributed by atoms with Crippen molar-refractivity contribution in [2.45, 2.75) is 57.6 Å². The van der Waals surface area contributed by atoms with Gasteiger partial charge < -0.3 is 24.8 Å². The van der Waals surface area contributed by atoms with Crippen molar-refractivity contribution in [3.05, 3.63) is 23.8 Å². The van der Waals surface area contributed by atoms with Gasteiger partial charge in [0, 0.05) is 7.11 Å². The number of halogens is 1. The monoisotopic (exact) mass is 414 g/mol. The number of benzene rings is 1. The summed E-state index contributed by atoms with van der Waals surface area (Å²) in [6.45, 7) is 6.39. The van der Waals surface area contributed by atoms with E-state index >= 15 is 0 Å². The average molecular weight is 415 g/mol. The summed E-state index contributed by atoms with van der Waals surface area (Å²) >= 11 is 0. The van der Waals surface area contributed by atoms with Gasteiger partial charge in [-0.25, -0.2) is 0 Å². The molecule has 1 aliphatic heterocycles. The summed E-state index contributed by atoms with van der Waals surface area (Å²) in [7, 11) is 3.25. The first-order valence-electron chi connectivity index (χ1n) is 9.94. The van der Waals surface area contributed by atoms with Crippen LogP contribution >= 0.6 is 12.4 Å². The van der Waals surface area contributed by atoms with Crippen molar-refractivity contribution in [1.82, 2.24) is 10.6 Å². The van der Waals surface area contributed by atoms with Crippen LogP contribution in [0.1, 0.15) is 57.6 Å². The molecule has 1 saturated heterocycles. The number of carbonyl (C=O) groups excluding carboxylic acids is 1. The molecule has 1 aromatic rings. The first-order chi connectivity index (χ1) is 13.1. The maximum Gasteiger partial charge on any atom is 0.252 e. The third-order valence-electron chi connectivity index (χ3n) is 5.26. The molecule has 1 amide bonds. The zero-order chi connectivity index (χ0) is 19.7.